The molecule has 0 aromatic rings. The molecule has 6 nitrogen and oxygen atoms in total. The van der Waals surface area contributed by atoms with Crippen LogP contribution in [0.5, 0.6) is 0 Å². The number of hydrogen-bond acceptors (Lipinski definition) is 5. The largest absolute Gasteiger partial charge is 0.466 e. The van der Waals surface area contributed by atoms with Gasteiger partial charge >= 0.3 is 5.97 Å². The van der Waals surface area contributed by atoms with E-state index in [1.54, 1.807) is 0 Å². The molecule has 530 valence electrons. The summed E-state index contributed by atoms with van der Waals surface area (Å²) in [7, 11) is 0. The highest BCUT2D eigenvalue weighted by Gasteiger charge is 2.20. The number of hydrogen-bond donors (Lipinski definition) is 3. The predicted molar refractivity (Wildman–Crippen MR) is 398 cm³/mol. The van der Waals surface area contributed by atoms with Gasteiger partial charge in [0.25, 0.3) is 0 Å². The Balaban J connectivity index is 3.39. The number of allylic oxidation sites excluding steroid dienone is 8. The number of rotatable bonds is 77. The molecule has 0 rings (SSSR count). The topological polar surface area (TPSA) is 95.9 Å². The van der Waals surface area contributed by atoms with Gasteiger partial charge in [0.1, 0.15) is 0 Å². The van der Waals surface area contributed by atoms with Crippen molar-refractivity contribution in [3.8, 4) is 0 Å². The van der Waals surface area contributed by atoms with Crippen LogP contribution in [0.4, 0.5) is 0 Å². The van der Waals surface area contributed by atoms with Gasteiger partial charge in [0.05, 0.1) is 25.4 Å². The van der Waals surface area contributed by atoms with Gasteiger partial charge in [0, 0.05) is 12.8 Å². The van der Waals surface area contributed by atoms with Crippen LogP contribution in [0, 0.1) is 0 Å². The molecule has 2 atom stereocenters. The van der Waals surface area contributed by atoms with Gasteiger partial charge < -0.3 is 20.3 Å². The summed E-state index contributed by atoms with van der Waals surface area (Å²) < 4.78 is 5.51. The summed E-state index contributed by atoms with van der Waals surface area (Å²) in [6, 6.07) is -0.543. The van der Waals surface area contributed by atoms with Crippen LogP contribution in [0.15, 0.2) is 48.6 Å². The van der Waals surface area contributed by atoms with Crippen molar-refractivity contribution < 1.29 is 24.5 Å². The van der Waals surface area contributed by atoms with Gasteiger partial charge in [-0.15, -0.1) is 0 Å². The summed E-state index contributed by atoms with van der Waals surface area (Å²) in [5.41, 5.74) is 0. The number of nitrogens with one attached hydrogen (secondary N) is 1. The van der Waals surface area contributed by atoms with Crippen molar-refractivity contribution in [3.05, 3.63) is 48.6 Å². The first-order valence-corrected chi connectivity index (χ1v) is 40.9. The van der Waals surface area contributed by atoms with Gasteiger partial charge in [-0.2, -0.15) is 0 Å². The van der Waals surface area contributed by atoms with Crippen molar-refractivity contribution in [3.63, 3.8) is 0 Å². The van der Waals surface area contributed by atoms with E-state index in [4.69, 9.17) is 4.74 Å². The zero-order valence-corrected chi connectivity index (χ0v) is 60.9. The van der Waals surface area contributed by atoms with Crippen molar-refractivity contribution in [2.45, 2.75) is 463 Å². The summed E-state index contributed by atoms with van der Waals surface area (Å²) in [5.74, 6) is -0.0193. The van der Waals surface area contributed by atoms with Crippen molar-refractivity contribution in [1.82, 2.24) is 5.32 Å². The summed E-state index contributed by atoms with van der Waals surface area (Å²) >= 11 is 0. The molecule has 2 unspecified atom stereocenters. The van der Waals surface area contributed by atoms with Crippen LogP contribution >= 0.6 is 0 Å². The van der Waals surface area contributed by atoms with Crippen molar-refractivity contribution in [1.29, 1.82) is 0 Å². The Morgan fingerprint density at radius 2 is 0.556 bits per heavy atom. The number of carbonyl (C=O) groups excluding carboxylic acids is 2. The molecule has 0 aliphatic carbocycles. The molecule has 0 radical (unpaired) electrons. The molecule has 90 heavy (non-hydrogen) atoms. The first kappa shape index (κ1) is 87.8. The molecule has 0 saturated carbocycles. The first-order chi connectivity index (χ1) is 44.5. The Kier molecular flexibility index (Phi) is 77.3. The molecule has 0 heterocycles. The predicted octanol–water partition coefficient (Wildman–Crippen LogP) is 27.2. The molecule has 6 heteroatoms. The number of esters is 1. The standard InChI is InChI=1S/C84H159NO5/c1-3-5-7-9-11-13-15-17-19-21-23-24-34-37-41-44-48-52-56-60-64-68-72-76-82(87)81(80-86)85-83(88)77-73-69-65-61-57-53-49-45-42-38-35-32-30-28-26-25-27-29-31-33-36-39-43-47-51-55-59-63-67-71-75-79-90-84(89)78-74-70-66-62-58-54-50-46-40-22-20-18-16-14-12-10-8-6-4-2/h12,14,18,20,27,29,33,36,81-82,86-87H,3-11,13,15-17,19,21-26,28,30-32,34-35,37-80H2,1-2H3,(H,85,88)/b14-12-,20-18-,29-27-,36-33-. The van der Waals surface area contributed by atoms with Crippen LogP contribution in [0.2, 0.25) is 0 Å². The lowest BCUT2D eigenvalue weighted by Gasteiger charge is -2.22. The van der Waals surface area contributed by atoms with E-state index in [1.807, 2.05) is 0 Å². The minimum atomic E-state index is -0.666. The Morgan fingerprint density at radius 1 is 0.311 bits per heavy atom. The van der Waals surface area contributed by atoms with E-state index in [0.29, 0.717) is 25.9 Å². The van der Waals surface area contributed by atoms with Crippen molar-refractivity contribution in [2.24, 2.45) is 0 Å². The fourth-order valence-electron chi connectivity index (χ4n) is 12.9. The summed E-state index contributed by atoms with van der Waals surface area (Å²) in [6.45, 7) is 4.97. The summed E-state index contributed by atoms with van der Waals surface area (Å²) in [4.78, 5) is 24.7. The van der Waals surface area contributed by atoms with E-state index in [2.05, 4.69) is 67.8 Å². The lowest BCUT2D eigenvalue weighted by molar-refractivity contribution is -0.143. The van der Waals surface area contributed by atoms with Crippen LogP contribution in [0.3, 0.4) is 0 Å². The van der Waals surface area contributed by atoms with Crippen LogP contribution in [-0.4, -0.2) is 47.4 Å². The second-order valence-corrected chi connectivity index (χ2v) is 28.1. The minimum Gasteiger partial charge on any atom is -0.466 e. The van der Waals surface area contributed by atoms with E-state index in [1.165, 1.54) is 360 Å². The zero-order valence-electron chi connectivity index (χ0n) is 60.9. The lowest BCUT2D eigenvalue weighted by atomic mass is 10.0. The van der Waals surface area contributed by atoms with Gasteiger partial charge in [-0.05, 0) is 89.9 Å². The first-order valence-electron chi connectivity index (χ1n) is 40.9. The molecule has 0 aliphatic rings. The molecule has 0 bridgehead atoms. The van der Waals surface area contributed by atoms with Crippen molar-refractivity contribution in [2.75, 3.05) is 13.2 Å². The normalized spacial score (nSPS) is 12.7. The van der Waals surface area contributed by atoms with Crippen LogP contribution < -0.4 is 5.32 Å². The van der Waals surface area contributed by atoms with E-state index in [9.17, 15) is 19.8 Å². The third-order valence-corrected chi connectivity index (χ3v) is 19.1. The van der Waals surface area contributed by atoms with Crippen LogP contribution in [0.1, 0.15) is 450 Å². The average molecular weight is 1260 g/mol. The Morgan fingerprint density at radius 3 is 0.867 bits per heavy atom. The zero-order chi connectivity index (χ0) is 64.9. The van der Waals surface area contributed by atoms with Gasteiger partial charge in [-0.3, -0.25) is 9.59 Å². The van der Waals surface area contributed by atoms with E-state index >= 15 is 0 Å². The third-order valence-electron chi connectivity index (χ3n) is 19.1. The number of ether oxygens (including phenoxy) is 1. The fraction of sp³-hybridized carbons (Fsp3) is 0.881. The highest BCUT2D eigenvalue weighted by Crippen LogP contribution is 2.20. The van der Waals surface area contributed by atoms with Gasteiger partial charge in [0.2, 0.25) is 5.91 Å². The Bertz CT molecular complexity index is 1500. The maximum absolute atomic E-state index is 12.6. The monoisotopic (exact) mass is 1260 g/mol. The lowest BCUT2D eigenvalue weighted by Crippen LogP contribution is -2.45. The molecular weight excluding hydrogens is 1100 g/mol. The Labute approximate surface area is 563 Å². The van der Waals surface area contributed by atoms with Gasteiger partial charge in [-0.25, -0.2) is 0 Å². The quantitative estimate of drug-likeness (QED) is 0.0320. The highest BCUT2D eigenvalue weighted by molar-refractivity contribution is 5.76. The number of aliphatic hydroxyl groups is 2. The van der Waals surface area contributed by atoms with Crippen molar-refractivity contribution >= 4 is 11.9 Å². The molecule has 0 spiro atoms. The minimum absolute atomic E-state index is 0.0101. The molecule has 0 saturated heterocycles. The van der Waals surface area contributed by atoms with Crippen LogP contribution in [0.25, 0.3) is 0 Å². The van der Waals surface area contributed by atoms with E-state index in [-0.39, 0.29) is 18.5 Å². The summed E-state index contributed by atoms with van der Waals surface area (Å²) in [6.07, 6.45) is 105. The molecule has 0 aliphatic heterocycles. The van der Waals surface area contributed by atoms with Gasteiger partial charge in [-0.1, -0.05) is 396 Å². The second kappa shape index (κ2) is 79.3. The number of aliphatic hydroxyl groups excluding tert-OH is 2. The van der Waals surface area contributed by atoms with E-state index < -0.39 is 12.1 Å². The fourth-order valence-corrected chi connectivity index (χ4v) is 12.9. The maximum Gasteiger partial charge on any atom is 0.305 e. The number of amides is 1. The number of carbonyl (C=O) groups is 2. The molecule has 0 aromatic heterocycles. The maximum atomic E-state index is 12.6. The molecule has 1 amide bonds. The number of unbranched alkanes of at least 4 members (excludes halogenated alkanes) is 58. The van der Waals surface area contributed by atoms with E-state index in [0.717, 1.165) is 57.8 Å². The molecule has 0 fully saturated rings. The Hall–Kier alpha value is -2.18. The second-order valence-electron chi connectivity index (χ2n) is 28.1. The third kappa shape index (κ3) is 74.9. The molecular formula is C84H159NO5. The van der Waals surface area contributed by atoms with Gasteiger partial charge in [0.15, 0.2) is 0 Å². The summed E-state index contributed by atoms with van der Waals surface area (Å²) in [5, 5.41) is 23.5. The van der Waals surface area contributed by atoms with Crippen LogP contribution in [-0.2, 0) is 14.3 Å². The molecule has 3 N–H and O–H groups in total. The SMILES string of the molecule is CCCCC/C=C\C/C=C\CCCCCCCCCCCC(=O)OCCCCCCCCCCC/C=C\C/C=C\CCCCCCCCCCCCCCCCCC(=O)NC(CO)C(O)CCCCCCCCCCCCCCCCCCCCCCCCC. The molecule has 0 aromatic carbocycles. The smallest absolute Gasteiger partial charge is 0.305 e. The highest BCUT2D eigenvalue weighted by atomic mass is 16.5. The average Bonchev–Trinajstić information content (AvgIpc) is 3.59.